The molecule has 0 saturated carbocycles. The van der Waals surface area contributed by atoms with E-state index in [0.29, 0.717) is 6.54 Å². The summed E-state index contributed by atoms with van der Waals surface area (Å²) in [7, 11) is 0. The quantitative estimate of drug-likeness (QED) is 0.729. The van der Waals surface area contributed by atoms with Crippen molar-refractivity contribution in [1.29, 1.82) is 0 Å². The van der Waals surface area contributed by atoms with Gasteiger partial charge in [-0.05, 0) is 31.2 Å². The Bertz CT molecular complexity index is 740. The third-order valence-electron chi connectivity index (χ3n) is 5.11. The van der Waals surface area contributed by atoms with E-state index in [1.54, 1.807) is 12.4 Å². The average molecular weight is 442 g/mol. The maximum absolute atomic E-state index is 12.2. The predicted octanol–water partition coefficient (Wildman–Crippen LogP) is 1.37. The Balaban J connectivity index is 0.00000150. The topological polar surface area (TPSA) is 78.3 Å². The van der Waals surface area contributed by atoms with E-state index in [-0.39, 0.29) is 30.7 Å². The zero-order valence-electron chi connectivity index (χ0n) is 16.4. The number of amides is 1. The van der Waals surface area contributed by atoms with Crippen LogP contribution in [0.25, 0.3) is 0 Å². The van der Waals surface area contributed by atoms with Crippen LogP contribution in [0.15, 0.2) is 30.6 Å². The monoisotopic (exact) mass is 441 g/mol. The zero-order valence-corrected chi connectivity index (χ0v) is 18.1. The number of pyridine rings is 1. The second-order valence-electron chi connectivity index (χ2n) is 7.22. The molecule has 0 aliphatic carbocycles. The van der Waals surface area contributed by atoms with Gasteiger partial charge in [-0.1, -0.05) is 0 Å². The first-order chi connectivity index (χ1) is 13.3. The maximum Gasteiger partial charge on any atom is 0.238 e. The molecule has 2 aromatic rings. The normalized spacial score (nSPS) is 17.4. The molecular weight excluding hydrogens is 413 g/mol. The van der Waals surface area contributed by atoms with Crippen LogP contribution >= 0.6 is 24.8 Å². The van der Waals surface area contributed by atoms with Gasteiger partial charge in [-0.2, -0.15) is 5.10 Å². The summed E-state index contributed by atoms with van der Waals surface area (Å²) >= 11 is 0. The number of aromatic nitrogens is 3. The van der Waals surface area contributed by atoms with E-state index in [1.807, 2.05) is 12.1 Å². The van der Waals surface area contributed by atoms with Crippen molar-refractivity contribution in [2.24, 2.45) is 0 Å². The van der Waals surface area contributed by atoms with Gasteiger partial charge in [-0.25, -0.2) is 0 Å². The molecule has 0 aromatic carbocycles. The Labute approximate surface area is 183 Å². The van der Waals surface area contributed by atoms with E-state index in [4.69, 9.17) is 5.10 Å². The molecule has 4 rings (SSSR count). The van der Waals surface area contributed by atoms with Crippen LogP contribution in [0.5, 0.6) is 0 Å². The smallest absolute Gasteiger partial charge is 0.238 e. The summed E-state index contributed by atoms with van der Waals surface area (Å²) in [6.45, 7) is 8.00. The highest BCUT2D eigenvalue weighted by Gasteiger charge is 2.20. The molecule has 0 unspecified atom stereocenters. The molecule has 2 aliphatic rings. The van der Waals surface area contributed by atoms with E-state index in [2.05, 4.69) is 36.2 Å². The number of piperazine rings is 1. The first kappa shape index (κ1) is 23.6. The van der Waals surface area contributed by atoms with E-state index >= 15 is 0 Å². The molecule has 2 N–H and O–H groups in total. The number of nitrogens with zero attached hydrogens (tertiary/aromatic N) is 5. The molecule has 0 bridgehead atoms. The first-order valence-corrected chi connectivity index (χ1v) is 9.67. The Morgan fingerprint density at radius 1 is 1.14 bits per heavy atom. The third kappa shape index (κ3) is 6.65. The van der Waals surface area contributed by atoms with Gasteiger partial charge in [0.1, 0.15) is 0 Å². The van der Waals surface area contributed by atoms with Gasteiger partial charge < -0.3 is 10.6 Å². The Kier molecular flexibility index (Phi) is 9.32. The van der Waals surface area contributed by atoms with Crippen molar-refractivity contribution < 1.29 is 4.79 Å². The van der Waals surface area contributed by atoms with Crippen LogP contribution in [0, 0.1) is 0 Å². The summed E-state index contributed by atoms with van der Waals surface area (Å²) in [6.07, 6.45) is 4.50. The van der Waals surface area contributed by atoms with Gasteiger partial charge in [0.15, 0.2) is 0 Å². The highest BCUT2D eigenvalue weighted by Crippen LogP contribution is 2.12. The molecule has 1 saturated heterocycles. The summed E-state index contributed by atoms with van der Waals surface area (Å²) in [5.74, 6) is 0.0155. The van der Waals surface area contributed by atoms with Crippen LogP contribution in [-0.4, -0.2) is 69.7 Å². The number of anilines is 1. The highest BCUT2D eigenvalue weighted by molar-refractivity contribution is 5.92. The van der Waals surface area contributed by atoms with Gasteiger partial charge in [0.2, 0.25) is 5.91 Å². The number of carbonyl (C=O) groups excluding carboxylic acids is 1. The molecule has 0 spiro atoms. The van der Waals surface area contributed by atoms with Crippen molar-refractivity contribution >= 4 is 36.4 Å². The second kappa shape index (κ2) is 11.5. The largest absolute Gasteiger partial charge is 0.324 e. The van der Waals surface area contributed by atoms with Crippen LogP contribution < -0.4 is 10.6 Å². The SMILES string of the molecule is Cl.Cl.O=C(CN1CCN(Cc2cc3n(n2)CCCNC3)CC1)Nc1cccnc1. The van der Waals surface area contributed by atoms with Crippen molar-refractivity contribution in [1.82, 2.24) is 29.9 Å². The number of rotatable bonds is 5. The summed E-state index contributed by atoms with van der Waals surface area (Å²) in [5, 5.41) is 11.1. The highest BCUT2D eigenvalue weighted by atomic mass is 35.5. The number of aryl methyl sites for hydroxylation is 1. The molecule has 2 aliphatic heterocycles. The fraction of sp³-hybridized carbons (Fsp3) is 0.526. The molecule has 10 heteroatoms. The van der Waals surface area contributed by atoms with Gasteiger partial charge in [0.25, 0.3) is 0 Å². The molecular formula is C19H29Cl2N7O. The fourth-order valence-corrected chi connectivity index (χ4v) is 3.67. The summed E-state index contributed by atoms with van der Waals surface area (Å²) in [6, 6.07) is 5.90. The average Bonchev–Trinajstić information content (AvgIpc) is 2.92. The van der Waals surface area contributed by atoms with Gasteiger partial charge >= 0.3 is 0 Å². The lowest BCUT2D eigenvalue weighted by Crippen LogP contribution is -2.48. The van der Waals surface area contributed by atoms with Gasteiger partial charge in [0, 0.05) is 52.0 Å². The van der Waals surface area contributed by atoms with Crippen molar-refractivity contribution in [3.05, 3.63) is 42.0 Å². The van der Waals surface area contributed by atoms with Crippen molar-refractivity contribution in [3.63, 3.8) is 0 Å². The van der Waals surface area contributed by atoms with E-state index in [9.17, 15) is 4.79 Å². The number of halogens is 2. The third-order valence-corrected chi connectivity index (χ3v) is 5.11. The standard InChI is InChI=1S/C19H27N7O.2ClH/c27-19(22-16-3-1-4-20-12-16)15-25-9-7-24(8-10-25)14-17-11-18-13-21-5-2-6-26(18)23-17;;/h1,3-4,11-12,21H,2,5-10,13-15H2,(H,22,27);2*1H. The molecule has 2 aromatic heterocycles. The molecule has 1 fully saturated rings. The number of fused-ring (bicyclic) bond motifs is 1. The van der Waals surface area contributed by atoms with Crippen molar-refractivity contribution in [2.45, 2.75) is 26.1 Å². The van der Waals surface area contributed by atoms with Crippen LogP contribution in [-0.2, 0) is 24.4 Å². The van der Waals surface area contributed by atoms with Crippen molar-refractivity contribution in [2.75, 3.05) is 44.6 Å². The molecule has 0 radical (unpaired) electrons. The molecule has 4 heterocycles. The summed E-state index contributed by atoms with van der Waals surface area (Å²) < 4.78 is 2.15. The van der Waals surface area contributed by atoms with Crippen LogP contribution in [0.1, 0.15) is 17.8 Å². The molecule has 29 heavy (non-hydrogen) atoms. The number of carbonyl (C=O) groups is 1. The van der Waals surface area contributed by atoms with E-state index < -0.39 is 0 Å². The molecule has 0 atom stereocenters. The van der Waals surface area contributed by atoms with Crippen LogP contribution in [0.2, 0.25) is 0 Å². The Morgan fingerprint density at radius 3 is 2.69 bits per heavy atom. The van der Waals surface area contributed by atoms with Gasteiger partial charge in [-0.3, -0.25) is 24.3 Å². The molecule has 8 nitrogen and oxygen atoms in total. The van der Waals surface area contributed by atoms with E-state index in [1.165, 1.54) is 5.69 Å². The van der Waals surface area contributed by atoms with Crippen LogP contribution in [0.3, 0.4) is 0 Å². The Morgan fingerprint density at radius 2 is 1.93 bits per heavy atom. The van der Waals surface area contributed by atoms with E-state index in [0.717, 1.165) is 70.2 Å². The fourth-order valence-electron chi connectivity index (χ4n) is 3.67. The molecule has 1 amide bonds. The minimum atomic E-state index is 0. The number of hydrogen-bond donors (Lipinski definition) is 2. The summed E-state index contributed by atoms with van der Waals surface area (Å²) in [4.78, 5) is 20.8. The van der Waals surface area contributed by atoms with Crippen molar-refractivity contribution in [3.8, 4) is 0 Å². The minimum absolute atomic E-state index is 0. The first-order valence-electron chi connectivity index (χ1n) is 9.67. The summed E-state index contributed by atoms with van der Waals surface area (Å²) in [5.41, 5.74) is 3.18. The molecule has 160 valence electrons. The second-order valence-corrected chi connectivity index (χ2v) is 7.22. The van der Waals surface area contributed by atoms with Crippen LogP contribution in [0.4, 0.5) is 5.69 Å². The lowest BCUT2D eigenvalue weighted by molar-refractivity contribution is -0.117. The zero-order chi connectivity index (χ0) is 18.5. The van der Waals surface area contributed by atoms with Gasteiger partial charge in [0.05, 0.1) is 29.8 Å². The lowest BCUT2D eigenvalue weighted by atomic mass is 10.2. The Hall–Kier alpha value is -1.71. The maximum atomic E-state index is 12.2. The minimum Gasteiger partial charge on any atom is -0.324 e. The van der Waals surface area contributed by atoms with Gasteiger partial charge in [-0.15, -0.1) is 24.8 Å². The predicted molar refractivity (Wildman–Crippen MR) is 118 cm³/mol. The lowest BCUT2D eigenvalue weighted by Gasteiger charge is -2.33. The number of hydrogen-bond acceptors (Lipinski definition) is 6. The number of nitrogens with one attached hydrogen (secondary N) is 2.